The molecule has 5 heteroatoms. The average molecular weight is 299 g/mol. The van der Waals surface area contributed by atoms with Crippen LogP contribution in [0.15, 0.2) is 22.9 Å². The lowest BCUT2D eigenvalue weighted by molar-refractivity contribution is -0.0249. The highest BCUT2D eigenvalue weighted by Gasteiger charge is 2.30. The summed E-state index contributed by atoms with van der Waals surface area (Å²) >= 11 is 3.33. The molecule has 92 valence electrons. The molecule has 1 aliphatic rings. The molecule has 0 bridgehead atoms. The van der Waals surface area contributed by atoms with E-state index in [1.54, 1.807) is 18.5 Å². The molecule has 1 aliphatic heterocycles. The number of nitrogens with zero attached hydrogens (tertiary/aromatic N) is 2. The fourth-order valence-electron chi connectivity index (χ4n) is 2.08. The fourth-order valence-corrected chi connectivity index (χ4v) is 2.45. The van der Waals surface area contributed by atoms with Crippen LogP contribution in [0.1, 0.15) is 24.2 Å². The molecule has 0 radical (unpaired) electrons. The van der Waals surface area contributed by atoms with E-state index < -0.39 is 0 Å². The van der Waals surface area contributed by atoms with Crippen LogP contribution in [0.2, 0.25) is 0 Å². The molecule has 0 N–H and O–H groups in total. The Morgan fingerprint density at radius 1 is 1.41 bits per heavy atom. The van der Waals surface area contributed by atoms with E-state index in [1.165, 1.54) is 0 Å². The summed E-state index contributed by atoms with van der Waals surface area (Å²) in [6.45, 7) is 5.19. The van der Waals surface area contributed by atoms with Gasteiger partial charge in [0.2, 0.25) is 0 Å². The molecule has 1 aromatic heterocycles. The van der Waals surface area contributed by atoms with Crippen LogP contribution in [-0.2, 0) is 4.74 Å². The first-order valence-corrected chi connectivity index (χ1v) is 6.40. The minimum atomic E-state index is 0.0158. The van der Waals surface area contributed by atoms with Gasteiger partial charge in [0.25, 0.3) is 5.91 Å². The number of carbonyl (C=O) groups excluding carboxylic acids is 1. The summed E-state index contributed by atoms with van der Waals surface area (Å²) in [6, 6.07) is 2.00. The average Bonchev–Trinajstić information content (AvgIpc) is 2.28. The summed E-state index contributed by atoms with van der Waals surface area (Å²) in [7, 11) is 0. The molecule has 2 rings (SSSR count). The van der Waals surface area contributed by atoms with Crippen LogP contribution in [0.5, 0.6) is 0 Å². The summed E-state index contributed by atoms with van der Waals surface area (Å²) in [5.41, 5.74) is 0.611. The molecule has 0 saturated carbocycles. The Kier molecular flexibility index (Phi) is 3.79. The van der Waals surface area contributed by atoms with E-state index in [0.29, 0.717) is 18.8 Å². The van der Waals surface area contributed by atoms with Gasteiger partial charge >= 0.3 is 0 Å². The standard InChI is InChI=1S/C12H15BrN2O2/c1-8-6-17-7-9(2)15(8)12(16)10-3-11(13)5-14-4-10/h3-5,8-9H,6-7H2,1-2H3. The minimum Gasteiger partial charge on any atom is -0.377 e. The maximum absolute atomic E-state index is 12.4. The lowest BCUT2D eigenvalue weighted by Crippen LogP contribution is -2.52. The summed E-state index contributed by atoms with van der Waals surface area (Å²) in [6.07, 6.45) is 3.27. The third kappa shape index (κ3) is 2.66. The van der Waals surface area contributed by atoms with Crippen LogP contribution in [0, 0.1) is 0 Å². The molecule has 1 fully saturated rings. The van der Waals surface area contributed by atoms with Crippen molar-refractivity contribution in [3.63, 3.8) is 0 Å². The Hall–Kier alpha value is -0.940. The SMILES string of the molecule is CC1COCC(C)N1C(=O)c1cncc(Br)c1. The Morgan fingerprint density at radius 3 is 2.65 bits per heavy atom. The van der Waals surface area contributed by atoms with Crippen molar-refractivity contribution in [1.29, 1.82) is 0 Å². The van der Waals surface area contributed by atoms with Crippen molar-refractivity contribution in [2.24, 2.45) is 0 Å². The van der Waals surface area contributed by atoms with E-state index >= 15 is 0 Å². The molecular weight excluding hydrogens is 284 g/mol. The van der Waals surface area contributed by atoms with E-state index in [4.69, 9.17) is 4.74 Å². The van der Waals surface area contributed by atoms with Crippen LogP contribution in [0.4, 0.5) is 0 Å². The zero-order valence-corrected chi connectivity index (χ0v) is 11.5. The van der Waals surface area contributed by atoms with Gasteiger partial charge in [-0.15, -0.1) is 0 Å². The minimum absolute atomic E-state index is 0.0158. The van der Waals surface area contributed by atoms with Gasteiger partial charge in [-0.05, 0) is 35.8 Å². The number of halogens is 1. The quantitative estimate of drug-likeness (QED) is 0.797. The monoisotopic (exact) mass is 298 g/mol. The lowest BCUT2D eigenvalue weighted by Gasteiger charge is -2.38. The van der Waals surface area contributed by atoms with Gasteiger partial charge in [-0.2, -0.15) is 0 Å². The molecule has 1 amide bonds. The maximum Gasteiger partial charge on any atom is 0.256 e. The normalized spacial score (nSPS) is 24.8. The van der Waals surface area contributed by atoms with Gasteiger partial charge in [0.15, 0.2) is 0 Å². The number of morpholine rings is 1. The van der Waals surface area contributed by atoms with Crippen molar-refractivity contribution < 1.29 is 9.53 Å². The predicted molar refractivity (Wildman–Crippen MR) is 67.8 cm³/mol. The number of aromatic nitrogens is 1. The van der Waals surface area contributed by atoms with Crippen molar-refractivity contribution in [1.82, 2.24) is 9.88 Å². The summed E-state index contributed by atoms with van der Waals surface area (Å²) in [5, 5.41) is 0. The third-order valence-corrected chi connectivity index (χ3v) is 3.29. The van der Waals surface area contributed by atoms with Gasteiger partial charge in [-0.25, -0.2) is 0 Å². The van der Waals surface area contributed by atoms with E-state index in [9.17, 15) is 4.79 Å². The Labute approximate surface area is 109 Å². The van der Waals surface area contributed by atoms with Gasteiger partial charge in [0, 0.05) is 16.9 Å². The summed E-state index contributed by atoms with van der Waals surface area (Å²) < 4.78 is 6.23. The number of pyridine rings is 1. The molecule has 4 nitrogen and oxygen atoms in total. The molecule has 1 saturated heterocycles. The largest absolute Gasteiger partial charge is 0.377 e. The van der Waals surface area contributed by atoms with Crippen LogP contribution < -0.4 is 0 Å². The maximum atomic E-state index is 12.4. The van der Waals surface area contributed by atoms with Gasteiger partial charge in [0.05, 0.1) is 30.9 Å². The molecular formula is C12H15BrN2O2. The number of rotatable bonds is 1. The number of carbonyl (C=O) groups is 1. The zero-order valence-electron chi connectivity index (χ0n) is 9.89. The van der Waals surface area contributed by atoms with Gasteiger partial charge in [0.1, 0.15) is 0 Å². The van der Waals surface area contributed by atoms with E-state index in [2.05, 4.69) is 20.9 Å². The van der Waals surface area contributed by atoms with Gasteiger partial charge < -0.3 is 9.64 Å². The summed E-state index contributed by atoms with van der Waals surface area (Å²) in [5.74, 6) is 0.0158. The van der Waals surface area contributed by atoms with E-state index in [-0.39, 0.29) is 18.0 Å². The molecule has 2 heterocycles. The molecule has 0 spiro atoms. The summed E-state index contributed by atoms with van der Waals surface area (Å²) in [4.78, 5) is 18.3. The molecule has 0 aliphatic carbocycles. The molecule has 1 aromatic rings. The van der Waals surface area contributed by atoms with Gasteiger partial charge in [-0.3, -0.25) is 9.78 Å². The molecule has 2 unspecified atom stereocenters. The highest BCUT2D eigenvalue weighted by atomic mass is 79.9. The lowest BCUT2D eigenvalue weighted by atomic mass is 10.1. The first-order valence-electron chi connectivity index (χ1n) is 5.60. The van der Waals surface area contributed by atoms with Crippen molar-refractivity contribution >= 4 is 21.8 Å². The third-order valence-electron chi connectivity index (χ3n) is 2.85. The first kappa shape index (κ1) is 12.5. The molecule has 0 aromatic carbocycles. The van der Waals surface area contributed by atoms with Crippen molar-refractivity contribution in [3.05, 3.63) is 28.5 Å². The van der Waals surface area contributed by atoms with Crippen molar-refractivity contribution in [3.8, 4) is 0 Å². The Morgan fingerprint density at radius 2 is 2.06 bits per heavy atom. The second kappa shape index (κ2) is 5.14. The first-order chi connectivity index (χ1) is 8.09. The van der Waals surface area contributed by atoms with Crippen LogP contribution in [0.3, 0.4) is 0 Å². The molecule has 2 atom stereocenters. The van der Waals surface area contributed by atoms with Crippen molar-refractivity contribution in [2.45, 2.75) is 25.9 Å². The fraction of sp³-hybridized carbons (Fsp3) is 0.500. The van der Waals surface area contributed by atoms with Crippen LogP contribution >= 0.6 is 15.9 Å². The number of hydrogen-bond donors (Lipinski definition) is 0. The van der Waals surface area contributed by atoms with Crippen LogP contribution in [0.25, 0.3) is 0 Å². The second-order valence-corrected chi connectivity index (χ2v) is 5.26. The second-order valence-electron chi connectivity index (χ2n) is 4.34. The highest BCUT2D eigenvalue weighted by Crippen LogP contribution is 2.18. The number of hydrogen-bond acceptors (Lipinski definition) is 3. The Balaban J connectivity index is 2.24. The number of ether oxygens (including phenoxy) is 1. The topological polar surface area (TPSA) is 42.4 Å². The van der Waals surface area contributed by atoms with Gasteiger partial charge in [-0.1, -0.05) is 0 Å². The predicted octanol–water partition coefficient (Wildman–Crippen LogP) is 2.09. The number of amides is 1. The van der Waals surface area contributed by atoms with E-state index in [0.717, 1.165) is 4.47 Å². The van der Waals surface area contributed by atoms with Crippen molar-refractivity contribution in [2.75, 3.05) is 13.2 Å². The van der Waals surface area contributed by atoms with E-state index in [1.807, 2.05) is 18.7 Å². The zero-order chi connectivity index (χ0) is 12.4. The van der Waals surface area contributed by atoms with Crippen LogP contribution in [-0.4, -0.2) is 41.1 Å². The highest BCUT2D eigenvalue weighted by molar-refractivity contribution is 9.10. The molecule has 17 heavy (non-hydrogen) atoms. The smallest absolute Gasteiger partial charge is 0.256 e. The Bertz CT molecular complexity index is 415.